The summed E-state index contributed by atoms with van der Waals surface area (Å²) in [5, 5.41) is 10.2. The number of nitrogens with one attached hydrogen (secondary N) is 2. The number of hydrogen-bond donors (Lipinski definition) is 2. The van der Waals surface area contributed by atoms with Gasteiger partial charge in [0.25, 0.3) is 0 Å². The Labute approximate surface area is 155 Å². The summed E-state index contributed by atoms with van der Waals surface area (Å²) in [6, 6.07) is 0.180. The van der Waals surface area contributed by atoms with Gasteiger partial charge in [0.1, 0.15) is 5.54 Å². The molecular weight excluding hydrogens is 332 g/mol. The highest BCUT2D eigenvalue weighted by Gasteiger charge is 2.38. The molecule has 26 heavy (non-hydrogen) atoms. The second-order valence-corrected chi connectivity index (χ2v) is 7.45. The number of carbonyl (C=O) groups excluding carboxylic acids is 2. The maximum absolute atomic E-state index is 12.0. The lowest BCUT2D eigenvalue weighted by Crippen LogP contribution is -2.45. The van der Waals surface area contributed by atoms with Gasteiger partial charge in [0.2, 0.25) is 17.7 Å². The predicted octanol–water partition coefficient (Wildman–Crippen LogP) is 2.99. The summed E-state index contributed by atoms with van der Waals surface area (Å²) >= 11 is 0. The zero-order valence-corrected chi connectivity index (χ0v) is 16.3. The highest BCUT2D eigenvalue weighted by molar-refractivity contribution is 5.76. The fraction of sp³-hybridized carbons (Fsp3) is 0.789. The van der Waals surface area contributed by atoms with Crippen LogP contribution in [0.3, 0.4) is 0 Å². The highest BCUT2D eigenvalue weighted by Crippen LogP contribution is 2.34. The molecule has 1 atom stereocenters. The molecule has 1 aliphatic rings. The third-order valence-corrected chi connectivity index (χ3v) is 4.96. The van der Waals surface area contributed by atoms with Gasteiger partial charge >= 0.3 is 0 Å². The molecule has 0 radical (unpaired) electrons. The lowest BCUT2D eigenvalue weighted by Gasteiger charge is -2.30. The molecule has 0 aromatic carbocycles. The molecule has 1 aromatic rings. The van der Waals surface area contributed by atoms with Crippen molar-refractivity contribution < 1.29 is 14.1 Å². The SMILES string of the molecule is CCCC(C)NC(=O)CCc1nc(C2(NC(C)=O)CCCCCC2)no1. The van der Waals surface area contributed by atoms with Gasteiger partial charge in [0, 0.05) is 25.8 Å². The first-order chi connectivity index (χ1) is 12.4. The fourth-order valence-corrected chi connectivity index (χ4v) is 3.70. The van der Waals surface area contributed by atoms with Gasteiger partial charge in [0.15, 0.2) is 5.82 Å². The molecule has 0 saturated heterocycles. The zero-order chi connectivity index (χ0) is 19.0. The van der Waals surface area contributed by atoms with Crippen molar-refractivity contribution in [2.45, 2.75) is 96.6 Å². The van der Waals surface area contributed by atoms with Crippen molar-refractivity contribution in [3.05, 3.63) is 11.7 Å². The third kappa shape index (κ3) is 5.81. The molecule has 7 heteroatoms. The molecule has 1 saturated carbocycles. The van der Waals surface area contributed by atoms with Gasteiger partial charge in [-0.15, -0.1) is 0 Å². The molecule has 0 bridgehead atoms. The van der Waals surface area contributed by atoms with E-state index in [1.165, 1.54) is 6.92 Å². The molecule has 1 fully saturated rings. The smallest absolute Gasteiger partial charge is 0.227 e. The average molecular weight is 364 g/mol. The lowest BCUT2D eigenvalue weighted by molar-refractivity contribution is -0.122. The monoisotopic (exact) mass is 364 g/mol. The lowest BCUT2D eigenvalue weighted by atomic mass is 9.89. The summed E-state index contributed by atoms with van der Waals surface area (Å²) in [5.41, 5.74) is -0.540. The maximum atomic E-state index is 12.0. The Balaban J connectivity index is 1.99. The Bertz CT molecular complexity index is 591. The third-order valence-electron chi connectivity index (χ3n) is 4.96. The minimum atomic E-state index is -0.540. The van der Waals surface area contributed by atoms with Crippen LogP contribution in [0.2, 0.25) is 0 Å². The van der Waals surface area contributed by atoms with Gasteiger partial charge in [-0.2, -0.15) is 4.98 Å². The Hall–Kier alpha value is -1.92. The van der Waals surface area contributed by atoms with E-state index in [4.69, 9.17) is 4.52 Å². The van der Waals surface area contributed by atoms with Crippen LogP contribution in [0.5, 0.6) is 0 Å². The Morgan fingerprint density at radius 3 is 2.54 bits per heavy atom. The van der Waals surface area contributed by atoms with E-state index < -0.39 is 5.54 Å². The van der Waals surface area contributed by atoms with Crippen LogP contribution in [-0.4, -0.2) is 28.0 Å². The van der Waals surface area contributed by atoms with Gasteiger partial charge in [-0.3, -0.25) is 9.59 Å². The number of nitrogens with zero attached hydrogens (tertiary/aromatic N) is 2. The zero-order valence-electron chi connectivity index (χ0n) is 16.3. The molecule has 0 spiro atoms. The van der Waals surface area contributed by atoms with E-state index in [1.54, 1.807) is 0 Å². The van der Waals surface area contributed by atoms with Crippen molar-refractivity contribution in [3.8, 4) is 0 Å². The Morgan fingerprint density at radius 2 is 1.92 bits per heavy atom. The van der Waals surface area contributed by atoms with Crippen molar-refractivity contribution in [1.82, 2.24) is 20.8 Å². The van der Waals surface area contributed by atoms with Crippen LogP contribution in [0.1, 0.15) is 90.3 Å². The van der Waals surface area contributed by atoms with Crippen molar-refractivity contribution in [2.24, 2.45) is 0 Å². The number of aryl methyl sites for hydroxylation is 1. The minimum absolute atomic E-state index is 0.00302. The van der Waals surface area contributed by atoms with E-state index in [-0.39, 0.29) is 17.9 Å². The number of amides is 2. The largest absolute Gasteiger partial charge is 0.354 e. The maximum Gasteiger partial charge on any atom is 0.227 e. The molecule has 1 heterocycles. The summed E-state index contributed by atoms with van der Waals surface area (Å²) in [7, 11) is 0. The van der Waals surface area contributed by atoms with Crippen LogP contribution >= 0.6 is 0 Å². The first-order valence-electron chi connectivity index (χ1n) is 9.86. The topological polar surface area (TPSA) is 97.1 Å². The molecule has 1 aromatic heterocycles. The van der Waals surface area contributed by atoms with Gasteiger partial charge < -0.3 is 15.2 Å². The highest BCUT2D eigenvalue weighted by atomic mass is 16.5. The molecule has 146 valence electrons. The van der Waals surface area contributed by atoms with Crippen molar-refractivity contribution in [1.29, 1.82) is 0 Å². The van der Waals surface area contributed by atoms with Crippen LogP contribution in [0.25, 0.3) is 0 Å². The van der Waals surface area contributed by atoms with Crippen LogP contribution in [0, 0.1) is 0 Å². The number of hydrogen-bond acceptors (Lipinski definition) is 5. The van der Waals surface area contributed by atoms with Gasteiger partial charge in [-0.25, -0.2) is 0 Å². The first kappa shape index (κ1) is 20.4. The second-order valence-electron chi connectivity index (χ2n) is 7.45. The summed E-state index contributed by atoms with van der Waals surface area (Å²) in [6.07, 6.45) is 8.75. The molecule has 2 rings (SSSR count). The minimum Gasteiger partial charge on any atom is -0.354 e. The van der Waals surface area contributed by atoms with E-state index >= 15 is 0 Å². The first-order valence-corrected chi connectivity index (χ1v) is 9.86. The molecule has 2 N–H and O–H groups in total. The van der Waals surface area contributed by atoms with Crippen molar-refractivity contribution in [3.63, 3.8) is 0 Å². The number of aromatic nitrogens is 2. The summed E-state index contributed by atoms with van der Waals surface area (Å²) < 4.78 is 5.38. The van der Waals surface area contributed by atoms with Crippen LogP contribution in [0.4, 0.5) is 0 Å². The van der Waals surface area contributed by atoms with E-state index in [9.17, 15) is 9.59 Å². The van der Waals surface area contributed by atoms with Crippen LogP contribution in [-0.2, 0) is 21.5 Å². The molecule has 7 nitrogen and oxygen atoms in total. The Kier molecular flexibility index (Phi) is 7.60. The number of carbonyl (C=O) groups is 2. The van der Waals surface area contributed by atoms with Crippen LogP contribution < -0.4 is 10.6 Å². The standard InChI is InChI=1S/C19H32N4O3/c1-4-9-14(2)20-16(25)10-11-17-21-18(23-26-17)19(22-15(3)24)12-7-5-6-8-13-19/h14H,4-13H2,1-3H3,(H,20,25)(H,22,24). The molecule has 0 aliphatic heterocycles. The van der Waals surface area contributed by atoms with E-state index in [0.717, 1.165) is 51.4 Å². The summed E-state index contributed by atoms with van der Waals surface area (Å²) in [5.74, 6) is 0.913. The van der Waals surface area contributed by atoms with Crippen molar-refractivity contribution in [2.75, 3.05) is 0 Å². The molecule has 2 amide bonds. The van der Waals surface area contributed by atoms with Gasteiger partial charge in [0.05, 0.1) is 0 Å². The average Bonchev–Trinajstić information content (AvgIpc) is 2.93. The van der Waals surface area contributed by atoms with E-state index in [2.05, 4.69) is 27.7 Å². The normalized spacial score (nSPS) is 18.0. The summed E-state index contributed by atoms with van der Waals surface area (Å²) in [4.78, 5) is 28.3. The van der Waals surface area contributed by atoms with Gasteiger partial charge in [-0.1, -0.05) is 44.2 Å². The second kappa shape index (κ2) is 9.69. The van der Waals surface area contributed by atoms with Crippen molar-refractivity contribution >= 4 is 11.8 Å². The summed E-state index contributed by atoms with van der Waals surface area (Å²) in [6.45, 7) is 5.63. The fourth-order valence-electron chi connectivity index (χ4n) is 3.70. The molecular formula is C19H32N4O3. The Morgan fingerprint density at radius 1 is 1.23 bits per heavy atom. The van der Waals surface area contributed by atoms with E-state index in [1.807, 2.05) is 6.92 Å². The number of rotatable bonds is 8. The van der Waals surface area contributed by atoms with Crippen LogP contribution in [0.15, 0.2) is 4.52 Å². The molecule has 1 unspecified atom stereocenters. The van der Waals surface area contributed by atoms with E-state index in [0.29, 0.717) is 24.6 Å². The van der Waals surface area contributed by atoms with Gasteiger partial charge in [-0.05, 0) is 26.2 Å². The molecule has 1 aliphatic carbocycles. The quantitative estimate of drug-likeness (QED) is 0.691. The predicted molar refractivity (Wildman–Crippen MR) is 98.3 cm³/mol.